The number of rotatable bonds is 5. The van der Waals surface area contributed by atoms with Crippen LogP contribution >= 0.6 is 0 Å². The Hall–Kier alpha value is -4.35. The molecule has 1 aliphatic heterocycles. The van der Waals surface area contributed by atoms with Gasteiger partial charge in [-0.1, -0.05) is 12.1 Å². The minimum Gasteiger partial charge on any atom is -0.459 e. The van der Waals surface area contributed by atoms with E-state index in [9.17, 15) is 32.9 Å². The molecule has 1 aliphatic rings. The van der Waals surface area contributed by atoms with Crippen molar-refractivity contribution in [1.29, 1.82) is 0 Å². The predicted molar refractivity (Wildman–Crippen MR) is 119 cm³/mol. The van der Waals surface area contributed by atoms with Crippen molar-refractivity contribution < 1.29 is 32.1 Å². The first kappa shape index (κ1) is 23.8. The van der Waals surface area contributed by atoms with Crippen LogP contribution in [-0.4, -0.2) is 47.8 Å². The van der Waals surface area contributed by atoms with Crippen LogP contribution in [0.15, 0.2) is 65.3 Å². The van der Waals surface area contributed by atoms with Crippen LogP contribution in [0.5, 0.6) is 0 Å². The number of alkyl halides is 3. The van der Waals surface area contributed by atoms with Crippen LogP contribution in [0, 0.1) is 10.1 Å². The quantitative estimate of drug-likeness (QED) is 0.421. The molecule has 182 valence electrons. The second kappa shape index (κ2) is 9.49. The van der Waals surface area contributed by atoms with Gasteiger partial charge < -0.3 is 19.5 Å². The van der Waals surface area contributed by atoms with E-state index in [2.05, 4.69) is 5.32 Å². The van der Waals surface area contributed by atoms with Crippen molar-refractivity contribution in [1.82, 2.24) is 4.90 Å². The second-order valence-electron chi connectivity index (χ2n) is 7.71. The fraction of sp³-hybridized carbons (Fsp3) is 0.217. The summed E-state index contributed by atoms with van der Waals surface area (Å²) >= 11 is 0. The van der Waals surface area contributed by atoms with Gasteiger partial charge in [-0.05, 0) is 36.4 Å². The number of carbonyl (C=O) groups excluding carboxylic acids is 2. The fourth-order valence-corrected chi connectivity index (χ4v) is 3.80. The number of hydrogen-bond donors (Lipinski definition) is 1. The predicted octanol–water partition coefficient (Wildman–Crippen LogP) is 4.42. The number of nitrogens with one attached hydrogen (secondary N) is 1. The number of hydrogen-bond acceptors (Lipinski definition) is 6. The lowest BCUT2D eigenvalue weighted by Crippen LogP contribution is -2.49. The van der Waals surface area contributed by atoms with Gasteiger partial charge in [-0.25, -0.2) is 0 Å². The Bertz CT molecular complexity index is 1250. The van der Waals surface area contributed by atoms with E-state index in [1.807, 2.05) is 0 Å². The third-order valence-electron chi connectivity index (χ3n) is 5.56. The Morgan fingerprint density at radius 1 is 1.00 bits per heavy atom. The topological polar surface area (TPSA) is 109 Å². The Morgan fingerprint density at radius 3 is 2.34 bits per heavy atom. The van der Waals surface area contributed by atoms with Gasteiger partial charge >= 0.3 is 6.18 Å². The van der Waals surface area contributed by atoms with Crippen LogP contribution in [0.3, 0.4) is 0 Å². The van der Waals surface area contributed by atoms with Crippen molar-refractivity contribution in [3.8, 4) is 0 Å². The van der Waals surface area contributed by atoms with Crippen molar-refractivity contribution in [3.05, 3.63) is 87.9 Å². The lowest BCUT2D eigenvalue weighted by molar-refractivity contribution is -0.384. The molecule has 1 fully saturated rings. The number of nitro benzene ring substituents is 1. The average Bonchev–Trinajstić information content (AvgIpc) is 3.38. The van der Waals surface area contributed by atoms with Gasteiger partial charge in [-0.3, -0.25) is 19.7 Å². The third kappa shape index (κ3) is 5.10. The van der Waals surface area contributed by atoms with E-state index >= 15 is 0 Å². The maximum Gasteiger partial charge on any atom is 0.416 e. The van der Waals surface area contributed by atoms with Crippen LogP contribution in [0.2, 0.25) is 0 Å². The number of piperazine rings is 1. The van der Waals surface area contributed by atoms with Crippen molar-refractivity contribution in [2.75, 3.05) is 36.4 Å². The number of amides is 2. The van der Waals surface area contributed by atoms with E-state index < -0.39 is 28.3 Å². The largest absolute Gasteiger partial charge is 0.459 e. The molecular formula is C23H19F3N4O5. The Labute approximate surface area is 196 Å². The lowest BCUT2D eigenvalue weighted by atomic mass is 10.1. The standard InChI is InChI=1S/C23H19F3N4O5/c24-23(25,26)15-7-8-18(19(14-15)30(33)34)28-9-11-29(12-10-28)22(32)16-4-1-2-5-17(16)27-21(31)20-6-3-13-35-20/h1-8,13-14H,9-12H2,(H,27,31). The van der Waals surface area contributed by atoms with Crippen LogP contribution < -0.4 is 10.2 Å². The Morgan fingerprint density at radius 2 is 1.71 bits per heavy atom. The van der Waals surface area contributed by atoms with E-state index in [0.29, 0.717) is 11.8 Å². The van der Waals surface area contributed by atoms with Crippen molar-refractivity contribution >= 4 is 28.9 Å². The first-order chi connectivity index (χ1) is 16.6. The number of para-hydroxylation sites is 1. The highest BCUT2D eigenvalue weighted by atomic mass is 19.4. The number of carbonyl (C=O) groups is 2. The Balaban J connectivity index is 1.48. The van der Waals surface area contributed by atoms with E-state index in [1.54, 1.807) is 35.2 Å². The summed E-state index contributed by atoms with van der Waals surface area (Å²) in [6, 6.07) is 11.9. The maximum atomic E-state index is 13.2. The van der Waals surface area contributed by atoms with Gasteiger partial charge in [0.05, 0.1) is 28.0 Å². The molecule has 0 radical (unpaired) electrons. The normalized spacial score (nSPS) is 14.0. The molecule has 0 unspecified atom stereocenters. The SMILES string of the molecule is O=C(Nc1ccccc1C(=O)N1CCN(c2ccc(C(F)(F)F)cc2[N+](=O)[O-])CC1)c1ccco1. The molecule has 0 bridgehead atoms. The zero-order chi connectivity index (χ0) is 25.2. The van der Waals surface area contributed by atoms with Crippen LogP contribution in [0.4, 0.5) is 30.2 Å². The molecule has 35 heavy (non-hydrogen) atoms. The molecule has 9 nitrogen and oxygen atoms in total. The number of nitrogens with zero attached hydrogens (tertiary/aromatic N) is 3. The summed E-state index contributed by atoms with van der Waals surface area (Å²) in [6.07, 6.45) is -3.35. The second-order valence-corrected chi connectivity index (χ2v) is 7.71. The minimum absolute atomic E-state index is 0.0567. The molecule has 1 saturated heterocycles. The lowest BCUT2D eigenvalue weighted by Gasteiger charge is -2.36. The van der Waals surface area contributed by atoms with Crippen LogP contribution in [-0.2, 0) is 6.18 Å². The molecule has 0 saturated carbocycles. The molecule has 3 aromatic rings. The summed E-state index contributed by atoms with van der Waals surface area (Å²) < 4.78 is 44.0. The zero-order valence-corrected chi connectivity index (χ0v) is 18.1. The van der Waals surface area contributed by atoms with Gasteiger partial charge in [-0.15, -0.1) is 0 Å². The molecule has 1 aromatic heterocycles. The summed E-state index contributed by atoms with van der Waals surface area (Å²) in [5.41, 5.74) is -1.15. The van der Waals surface area contributed by atoms with Gasteiger partial charge in [0.15, 0.2) is 5.76 Å². The van der Waals surface area contributed by atoms with Gasteiger partial charge in [0, 0.05) is 32.2 Å². The first-order valence-electron chi connectivity index (χ1n) is 10.5. The number of benzene rings is 2. The summed E-state index contributed by atoms with van der Waals surface area (Å²) in [6.45, 7) is 0.715. The zero-order valence-electron chi connectivity index (χ0n) is 18.1. The summed E-state index contributed by atoms with van der Waals surface area (Å²) in [7, 11) is 0. The van der Waals surface area contributed by atoms with Crippen molar-refractivity contribution in [2.24, 2.45) is 0 Å². The van der Waals surface area contributed by atoms with E-state index in [-0.39, 0.29) is 49.1 Å². The van der Waals surface area contributed by atoms with Gasteiger partial charge in [0.1, 0.15) is 5.69 Å². The summed E-state index contributed by atoms with van der Waals surface area (Å²) in [5.74, 6) is -0.796. The van der Waals surface area contributed by atoms with Gasteiger partial charge in [0.25, 0.3) is 17.5 Å². The van der Waals surface area contributed by atoms with Crippen molar-refractivity contribution in [2.45, 2.75) is 6.18 Å². The molecule has 0 aliphatic carbocycles. The number of furan rings is 1. The molecule has 12 heteroatoms. The number of nitro groups is 1. The van der Waals surface area contributed by atoms with Crippen LogP contribution in [0.1, 0.15) is 26.5 Å². The van der Waals surface area contributed by atoms with E-state index in [4.69, 9.17) is 4.42 Å². The highest BCUT2D eigenvalue weighted by molar-refractivity contribution is 6.07. The van der Waals surface area contributed by atoms with E-state index in [0.717, 1.165) is 12.1 Å². The molecule has 1 N–H and O–H groups in total. The molecule has 0 spiro atoms. The minimum atomic E-state index is -4.70. The van der Waals surface area contributed by atoms with Gasteiger partial charge in [-0.2, -0.15) is 13.2 Å². The molecule has 4 rings (SSSR count). The summed E-state index contributed by atoms with van der Waals surface area (Å²) in [4.78, 5) is 39.2. The number of anilines is 2. The highest BCUT2D eigenvalue weighted by Gasteiger charge is 2.34. The molecular weight excluding hydrogens is 469 g/mol. The molecule has 0 atom stereocenters. The molecule has 2 heterocycles. The third-order valence-corrected chi connectivity index (χ3v) is 5.56. The molecule has 2 aromatic carbocycles. The average molecular weight is 488 g/mol. The molecule has 2 amide bonds. The van der Waals surface area contributed by atoms with Crippen molar-refractivity contribution in [3.63, 3.8) is 0 Å². The number of halogens is 3. The Kier molecular flexibility index (Phi) is 6.45. The highest BCUT2D eigenvalue weighted by Crippen LogP contribution is 2.37. The monoisotopic (exact) mass is 488 g/mol. The maximum absolute atomic E-state index is 13.2. The first-order valence-corrected chi connectivity index (χ1v) is 10.5. The smallest absolute Gasteiger partial charge is 0.416 e. The van der Waals surface area contributed by atoms with Gasteiger partial charge in [0.2, 0.25) is 0 Å². The van der Waals surface area contributed by atoms with Crippen LogP contribution in [0.25, 0.3) is 0 Å². The summed E-state index contributed by atoms with van der Waals surface area (Å²) in [5, 5.41) is 14.1. The van der Waals surface area contributed by atoms with E-state index in [1.165, 1.54) is 17.2 Å². The fourth-order valence-electron chi connectivity index (χ4n) is 3.80.